The lowest BCUT2D eigenvalue weighted by Crippen LogP contribution is -2.38. The monoisotopic (exact) mass is 350 g/mol. The van der Waals surface area contributed by atoms with Crippen LogP contribution < -0.4 is 14.8 Å². The molecular weight excluding hydrogens is 326 g/mol. The van der Waals surface area contributed by atoms with Crippen molar-refractivity contribution in [2.75, 3.05) is 33.8 Å². The Labute approximate surface area is 142 Å². The Bertz CT molecular complexity index is 475. The van der Waals surface area contributed by atoms with Crippen molar-refractivity contribution in [1.82, 2.24) is 10.2 Å². The molecule has 2 rings (SSSR count). The van der Waals surface area contributed by atoms with Gasteiger partial charge in [0.05, 0.1) is 7.11 Å². The van der Waals surface area contributed by atoms with Gasteiger partial charge in [-0.3, -0.25) is 4.90 Å². The van der Waals surface area contributed by atoms with Gasteiger partial charge in [0.15, 0.2) is 11.5 Å². The van der Waals surface area contributed by atoms with E-state index in [1.54, 1.807) is 12.1 Å². The molecule has 1 saturated heterocycles. The summed E-state index contributed by atoms with van der Waals surface area (Å²) in [6, 6.07) is 5.15. The first-order chi connectivity index (χ1) is 10.6. The van der Waals surface area contributed by atoms with Crippen LogP contribution in [0.15, 0.2) is 18.2 Å². The molecule has 0 amide bonds. The Kier molecular flexibility index (Phi) is 8.58. The Morgan fingerprint density at radius 1 is 1.35 bits per heavy atom. The normalized spacial score (nSPS) is 18.6. The van der Waals surface area contributed by atoms with Gasteiger partial charge in [-0.2, -0.15) is 8.78 Å². The van der Waals surface area contributed by atoms with E-state index >= 15 is 0 Å². The third-order valence-corrected chi connectivity index (χ3v) is 3.95. The molecule has 4 nitrogen and oxygen atoms in total. The summed E-state index contributed by atoms with van der Waals surface area (Å²) in [5.74, 6) is 1.09. The number of rotatable bonds is 7. The molecule has 0 spiro atoms. The second-order valence-electron chi connectivity index (χ2n) is 5.66. The summed E-state index contributed by atoms with van der Waals surface area (Å²) in [6.07, 6.45) is 2.44. The second kappa shape index (κ2) is 9.90. The van der Waals surface area contributed by atoms with Crippen LogP contribution >= 0.6 is 12.4 Å². The topological polar surface area (TPSA) is 33.7 Å². The number of alkyl halides is 2. The fourth-order valence-electron chi connectivity index (χ4n) is 3.01. The third-order valence-electron chi connectivity index (χ3n) is 3.95. The molecule has 1 aliphatic heterocycles. The molecule has 23 heavy (non-hydrogen) atoms. The maximum absolute atomic E-state index is 12.3. The summed E-state index contributed by atoms with van der Waals surface area (Å²) in [4.78, 5) is 2.40. The van der Waals surface area contributed by atoms with Crippen LogP contribution in [-0.4, -0.2) is 45.3 Å². The maximum Gasteiger partial charge on any atom is 0.387 e. The number of halogens is 3. The first kappa shape index (κ1) is 19.9. The average molecular weight is 351 g/mol. The number of likely N-dealkylation sites (tertiary alicyclic amines) is 1. The quantitative estimate of drug-likeness (QED) is 0.819. The number of benzene rings is 1. The summed E-state index contributed by atoms with van der Waals surface area (Å²) in [5.41, 5.74) is 1.04. The predicted octanol–water partition coefficient (Wildman–Crippen LogP) is 3.15. The van der Waals surface area contributed by atoms with Crippen LogP contribution in [0.1, 0.15) is 18.4 Å². The Balaban J connectivity index is 0.00000264. The predicted molar refractivity (Wildman–Crippen MR) is 88.8 cm³/mol. The van der Waals surface area contributed by atoms with Crippen LogP contribution in [-0.2, 0) is 6.54 Å². The zero-order valence-electron chi connectivity index (χ0n) is 13.6. The summed E-state index contributed by atoms with van der Waals surface area (Å²) in [5, 5.41) is 3.23. The Morgan fingerprint density at radius 2 is 2.13 bits per heavy atom. The second-order valence-corrected chi connectivity index (χ2v) is 5.66. The molecule has 132 valence electrons. The minimum absolute atomic E-state index is 0. The third kappa shape index (κ3) is 6.12. The Hall–Kier alpha value is -1.11. The zero-order valence-corrected chi connectivity index (χ0v) is 14.4. The van der Waals surface area contributed by atoms with E-state index in [2.05, 4.69) is 15.0 Å². The van der Waals surface area contributed by atoms with Crippen LogP contribution in [0.5, 0.6) is 11.5 Å². The maximum atomic E-state index is 12.3. The van der Waals surface area contributed by atoms with Gasteiger partial charge < -0.3 is 14.8 Å². The van der Waals surface area contributed by atoms with E-state index in [4.69, 9.17) is 4.74 Å². The standard InChI is InChI=1S/C16H24F2N2O2.ClH/c1-19-9-13-4-3-7-20(11-13)10-12-5-6-14(22-16(17)18)15(8-12)21-2;/h5-6,8,13,16,19H,3-4,7,9-11H2,1-2H3;1H. The number of piperidine rings is 1. The zero-order chi connectivity index (χ0) is 15.9. The number of nitrogens with one attached hydrogen (secondary N) is 1. The lowest BCUT2D eigenvalue weighted by Gasteiger charge is -2.32. The number of methoxy groups -OCH3 is 1. The summed E-state index contributed by atoms with van der Waals surface area (Å²) >= 11 is 0. The highest BCUT2D eigenvalue weighted by atomic mass is 35.5. The first-order valence-corrected chi connectivity index (χ1v) is 7.61. The summed E-state index contributed by atoms with van der Waals surface area (Å²) < 4.78 is 34.3. The van der Waals surface area contributed by atoms with E-state index in [1.165, 1.54) is 20.0 Å². The van der Waals surface area contributed by atoms with Gasteiger partial charge in [0, 0.05) is 13.1 Å². The summed E-state index contributed by atoms with van der Waals surface area (Å²) in [7, 11) is 3.44. The smallest absolute Gasteiger partial charge is 0.387 e. The lowest BCUT2D eigenvalue weighted by atomic mass is 9.97. The van der Waals surface area contributed by atoms with E-state index < -0.39 is 6.61 Å². The SMILES string of the molecule is CNCC1CCCN(Cc2ccc(OC(F)F)c(OC)c2)C1.Cl. The van der Waals surface area contributed by atoms with Crippen LogP contribution in [0.25, 0.3) is 0 Å². The minimum Gasteiger partial charge on any atom is -0.493 e. The largest absolute Gasteiger partial charge is 0.493 e. The van der Waals surface area contributed by atoms with Crippen molar-refractivity contribution in [2.24, 2.45) is 5.92 Å². The molecule has 1 aliphatic rings. The molecule has 1 N–H and O–H groups in total. The first-order valence-electron chi connectivity index (χ1n) is 7.61. The van der Waals surface area contributed by atoms with Gasteiger partial charge >= 0.3 is 6.61 Å². The molecule has 1 heterocycles. The van der Waals surface area contributed by atoms with Crippen molar-refractivity contribution in [2.45, 2.75) is 26.0 Å². The molecular formula is C16H25ClF2N2O2. The van der Waals surface area contributed by atoms with Crippen molar-refractivity contribution in [3.8, 4) is 11.5 Å². The molecule has 0 saturated carbocycles. The Morgan fingerprint density at radius 3 is 2.78 bits per heavy atom. The van der Waals surface area contributed by atoms with E-state index in [9.17, 15) is 8.78 Å². The molecule has 1 atom stereocenters. The van der Waals surface area contributed by atoms with Crippen molar-refractivity contribution in [1.29, 1.82) is 0 Å². The van der Waals surface area contributed by atoms with Crippen molar-refractivity contribution in [3.63, 3.8) is 0 Å². The molecule has 1 aromatic rings. The number of nitrogens with zero attached hydrogens (tertiary/aromatic N) is 1. The van der Waals surface area contributed by atoms with Crippen molar-refractivity contribution >= 4 is 12.4 Å². The van der Waals surface area contributed by atoms with Gasteiger partial charge in [-0.1, -0.05) is 6.07 Å². The van der Waals surface area contributed by atoms with Crippen molar-refractivity contribution in [3.05, 3.63) is 23.8 Å². The molecule has 1 aromatic carbocycles. The van der Waals surface area contributed by atoms with E-state index in [-0.39, 0.29) is 18.2 Å². The molecule has 7 heteroatoms. The van der Waals surface area contributed by atoms with E-state index in [0.717, 1.165) is 31.7 Å². The van der Waals surface area contributed by atoms with Gasteiger partial charge in [-0.15, -0.1) is 12.4 Å². The molecule has 1 fully saturated rings. The average Bonchev–Trinajstić information content (AvgIpc) is 2.49. The number of hydrogen-bond donors (Lipinski definition) is 1. The van der Waals surface area contributed by atoms with Gasteiger partial charge in [-0.05, 0) is 56.6 Å². The van der Waals surface area contributed by atoms with Gasteiger partial charge in [0.25, 0.3) is 0 Å². The molecule has 1 unspecified atom stereocenters. The van der Waals surface area contributed by atoms with Crippen LogP contribution in [0, 0.1) is 5.92 Å². The fraction of sp³-hybridized carbons (Fsp3) is 0.625. The molecule has 0 bridgehead atoms. The number of hydrogen-bond acceptors (Lipinski definition) is 4. The summed E-state index contributed by atoms with van der Waals surface area (Å²) in [6.45, 7) is 1.10. The highest BCUT2D eigenvalue weighted by Gasteiger charge is 2.20. The van der Waals surface area contributed by atoms with Gasteiger partial charge in [0.2, 0.25) is 0 Å². The molecule has 0 radical (unpaired) electrons. The highest BCUT2D eigenvalue weighted by molar-refractivity contribution is 5.85. The van der Waals surface area contributed by atoms with Crippen molar-refractivity contribution < 1.29 is 18.3 Å². The molecule has 0 aliphatic carbocycles. The van der Waals surface area contributed by atoms with Gasteiger partial charge in [0.1, 0.15) is 0 Å². The number of ether oxygens (including phenoxy) is 2. The minimum atomic E-state index is -2.84. The van der Waals surface area contributed by atoms with Crippen LogP contribution in [0.3, 0.4) is 0 Å². The van der Waals surface area contributed by atoms with E-state index in [1.807, 2.05) is 13.1 Å². The highest BCUT2D eigenvalue weighted by Crippen LogP contribution is 2.30. The van der Waals surface area contributed by atoms with E-state index in [0.29, 0.717) is 11.7 Å². The van der Waals surface area contributed by atoms with Gasteiger partial charge in [-0.25, -0.2) is 0 Å². The fourth-order valence-corrected chi connectivity index (χ4v) is 3.01. The van der Waals surface area contributed by atoms with Crippen LogP contribution in [0.2, 0.25) is 0 Å². The van der Waals surface area contributed by atoms with Crippen LogP contribution in [0.4, 0.5) is 8.78 Å². The molecule has 0 aromatic heterocycles. The lowest BCUT2D eigenvalue weighted by molar-refractivity contribution is -0.0512.